The second-order valence-corrected chi connectivity index (χ2v) is 15.7. The summed E-state index contributed by atoms with van der Waals surface area (Å²) in [7, 11) is 2.58. The first-order valence-electron chi connectivity index (χ1n) is 19.9. The molecule has 0 bridgehead atoms. The topological polar surface area (TPSA) is 188 Å². The predicted octanol–water partition coefficient (Wildman–Crippen LogP) is 6.77. The maximum absolute atomic E-state index is 13.6. The van der Waals surface area contributed by atoms with E-state index in [1.165, 1.54) is 14.2 Å². The van der Waals surface area contributed by atoms with E-state index in [1.807, 2.05) is 57.1 Å². The van der Waals surface area contributed by atoms with E-state index < -0.39 is 24.3 Å². The van der Waals surface area contributed by atoms with Gasteiger partial charge in [-0.1, -0.05) is 52.0 Å². The fraction of sp³-hybridized carbons (Fsp3) is 0.419. The summed E-state index contributed by atoms with van der Waals surface area (Å²) in [6.45, 7) is 8.77. The van der Waals surface area contributed by atoms with E-state index in [0.717, 1.165) is 76.1 Å². The number of imidazole rings is 2. The molecule has 7 rings (SSSR count). The maximum atomic E-state index is 13.6. The van der Waals surface area contributed by atoms with Crippen molar-refractivity contribution in [2.24, 2.45) is 11.8 Å². The van der Waals surface area contributed by atoms with E-state index in [2.05, 4.69) is 62.0 Å². The molecule has 2 aliphatic heterocycles. The zero-order valence-corrected chi connectivity index (χ0v) is 33.7. The third-order valence-corrected chi connectivity index (χ3v) is 11.2. The second kappa shape index (κ2) is 17.1. The van der Waals surface area contributed by atoms with Gasteiger partial charge in [-0.05, 0) is 72.6 Å². The van der Waals surface area contributed by atoms with Crippen LogP contribution in [0.2, 0.25) is 0 Å². The minimum atomic E-state index is -0.697. The number of ether oxygens (including phenoxy) is 2. The molecule has 3 aromatic heterocycles. The van der Waals surface area contributed by atoms with Crippen molar-refractivity contribution in [1.82, 2.24) is 45.4 Å². The number of alkyl carbamates (subject to hydrolysis) is 2. The average Bonchev–Trinajstić information content (AvgIpc) is 4.07. The van der Waals surface area contributed by atoms with Crippen molar-refractivity contribution < 1.29 is 28.7 Å². The van der Waals surface area contributed by atoms with Crippen LogP contribution in [0.4, 0.5) is 9.59 Å². The number of hydrogen-bond donors (Lipinski definition) is 4. The van der Waals surface area contributed by atoms with Crippen LogP contribution in [0, 0.1) is 11.8 Å². The van der Waals surface area contributed by atoms with Crippen molar-refractivity contribution in [3.8, 4) is 33.8 Å². The second-order valence-electron chi connectivity index (χ2n) is 15.7. The van der Waals surface area contributed by atoms with E-state index >= 15 is 0 Å². The molecule has 0 aliphatic carbocycles. The molecule has 4 amide bonds. The Labute approximate surface area is 337 Å². The highest BCUT2D eigenvalue weighted by molar-refractivity contribution is 5.90. The fourth-order valence-electron chi connectivity index (χ4n) is 7.99. The molecule has 4 N–H and O–H groups in total. The molecule has 0 spiro atoms. The summed E-state index contributed by atoms with van der Waals surface area (Å²) in [6.07, 6.45) is 7.37. The third-order valence-electron chi connectivity index (χ3n) is 11.2. The van der Waals surface area contributed by atoms with Gasteiger partial charge in [0.15, 0.2) is 0 Å². The van der Waals surface area contributed by atoms with E-state index in [9.17, 15) is 19.2 Å². The molecule has 0 radical (unpaired) electrons. The van der Waals surface area contributed by atoms with E-state index in [1.54, 1.807) is 11.1 Å². The standard InChI is InChI=1S/C43H51N9O6/c1-24(2)36(49-42(55)57-5)40(53)51-17-7-9-34(51)38-45-22-32(47-38)29-14-12-26-19-28(13-11-27(26)20-29)31-16-15-30(21-44-31)33-23-46-39(48-33)35-10-8-18-52(35)41(54)37(25(3)4)50-43(56)58-6/h11-16,19-25,34-37H,7-10,17-18H2,1-6H3,(H,45,47)(H,46,48)(H,49,55)(H,50,56)/t34-,35-,36-,37-/m0/s1. The monoisotopic (exact) mass is 789 g/mol. The molecule has 0 unspecified atom stereocenters. The lowest BCUT2D eigenvalue weighted by Crippen LogP contribution is -2.51. The fourth-order valence-corrected chi connectivity index (χ4v) is 7.99. The molecule has 2 fully saturated rings. The molecule has 15 nitrogen and oxygen atoms in total. The molecule has 5 heterocycles. The van der Waals surface area contributed by atoms with Crippen molar-refractivity contribution >= 4 is 34.8 Å². The first-order valence-corrected chi connectivity index (χ1v) is 19.9. The number of nitrogens with one attached hydrogen (secondary N) is 4. The number of aromatic amines is 2. The zero-order chi connectivity index (χ0) is 41.1. The minimum Gasteiger partial charge on any atom is -0.453 e. The number of fused-ring (bicyclic) bond motifs is 1. The maximum Gasteiger partial charge on any atom is 0.407 e. The van der Waals surface area contributed by atoms with E-state index in [0.29, 0.717) is 18.9 Å². The van der Waals surface area contributed by atoms with Crippen LogP contribution < -0.4 is 10.6 Å². The van der Waals surface area contributed by atoms with Crippen LogP contribution >= 0.6 is 0 Å². The van der Waals surface area contributed by atoms with Gasteiger partial charge in [-0.25, -0.2) is 19.6 Å². The predicted molar refractivity (Wildman–Crippen MR) is 218 cm³/mol. The number of rotatable bonds is 11. The largest absolute Gasteiger partial charge is 0.453 e. The van der Waals surface area contributed by atoms with Crippen LogP contribution in [0.5, 0.6) is 0 Å². The highest BCUT2D eigenvalue weighted by atomic mass is 16.5. The van der Waals surface area contributed by atoms with Crippen molar-refractivity contribution in [3.05, 3.63) is 78.8 Å². The lowest BCUT2D eigenvalue weighted by atomic mass is 10.0. The van der Waals surface area contributed by atoms with Crippen LogP contribution in [-0.2, 0) is 19.1 Å². The molecule has 2 aliphatic rings. The number of carbonyl (C=O) groups excluding carboxylic acids is 4. The Bertz CT molecular complexity index is 2280. The Hall–Kier alpha value is -6.25. The summed E-state index contributed by atoms with van der Waals surface area (Å²) in [5.41, 5.74) is 5.32. The Morgan fingerprint density at radius 2 is 1.10 bits per heavy atom. The molecule has 4 atom stereocenters. The minimum absolute atomic E-state index is 0.109. The van der Waals surface area contributed by atoms with Gasteiger partial charge in [0.05, 0.1) is 55.8 Å². The number of nitrogens with zero attached hydrogens (tertiary/aromatic N) is 5. The molecular formula is C43H51N9O6. The lowest BCUT2D eigenvalue weighted by Gasteiger charge is -2.30. The van der Waals surface area contributed by atoms with Gasteiger partial charge in [0.2, 0.25) is 11.8 Å². The average molecular weight is 790 g/mol. The lowest BCUT2D eigenvalue weighted by molar-refractivity contribution is -0.136. The number of H-pyrrole nitrogens is 2. The van der Waals surface area contributed by atoms with Gasteiger partial charge in [0.1, 0.15) is 23.7 Å². The summed E-state index contributed by atoms with van der Waals surface area (Å²) in [6, 6.07) is 14.7. The van der Waals surface area contributed by atoms with E-state index in [-0.39, 0.29) is 35.7 Å². The molecule has 58 heavy (non-hydrogen) atoms. The highest BCUT2D eigenvalue weighted by Crippen LogP contribution is 2.35. The molecule has 5 aromatic rings. The number of pyridine rings is 1. The van der Waals surface area contributed by atoms with Crippen molar-refractivity contribution in [3.63, 3.8) is 0 Å². The SMILES string of the molecule is COC(=O)N[C@H](C(=O)N1CCC[C@H]1c1ncc(-c2ccc(-c3ccc4cc(-c5cnc([C@@H]6CCCN6C(=O)[C@@H](NC(=O)OC)C(C)C)[nH]5)ccc4c3)nc2)[nH]1)C(C)C. The molecular weight excluding hydrogens is 739 g/mol. The summed E-state index contributed by atoms with van der Waals surface area (Å²) >= 11 is 0. The van der Waals surface area contributed by atoms with Gasteiger partial charge in [-0.3, -0.25) is 14.6 Å². The molecule has 304 valence electrons. The van der Waals surface area contributed by atoms with Crippen molar-refractivity contribution in [1.29, 1.82) is 0 Å². The first kappa shape index (κ1) is 40.0. The highest BCUT2D eigenvalue weighted by Gasteiger charge is 2.39. The number of likely N-dealkylation sites (tertiary alicyclic amines) is 2. The normalized spacial score (nSPS) is 17.8. The van der Waals surface area contributed by atoms with Gasteiger partial charge in [0, 0.05) is 36.0 Å². The smallest absolute Gasteiger partial charge is 0.407 e. The summed E-state index contributed by atoms with van der Waals surface area (Å²) in [4.78, 5) is 75.7. The Balaban J connectivity index is 1.02. The summed E-state index contributed by atoms with van der Waals surface area (Å²) < 4.78 is 9.52. The third kappa shape index (κ3) is 8.25. The zero-order valence-electron chi connectivity index (χ0n) is 33.7. The summed E-state index contributed by atoms with van der Waals surface area (Å²) in [5, 5.41) is 7.51. The van der Waals surface area contributed by atoms with Gasteiger partial charge >= 0.3 is 12.2 Å². The van der Waals surface area contributed by atoms with Crippen LogP contribution in [-0.4, -0.2) is 98.1 Å². The molecule has 2 aromatic carbocycles. The van der Waals surface area contributed by atoms with Crippen LogP contribution in [0.25, 0.3) is 44.5 Å². The van der Waals surface area contributed by atoms with Gasteiger partial charge in [0.25, 0.3) is 0 Å². The van der Waals surface area contributed by atoms with Crippen molar-refractivity contribution in [2.75, 3.05) is 27.3 Å². The molecule has 2 saturated heterocycles. The number of benzene rings is 2. The van der Waals surface area contributed by atoms with Gasteiger partial charge < -0.3 is 39.9 Å². The first-order chi connectivity index (χ1) is 27.9. The number of hydrogen-bond acceptors (Lipinski definition) is 9. The van der Waals surface area contributed by atoms with Crippen molar-refractivity contribution in [2.45, 2.75) is 77.5 Å². The summed E-state index contributed by atoms with van der Waals surface area (Å²) in [5.74, 6) is 0.906. The van der Waals surface area contributed by atoms with Crippen LogP contribution in [0.3, 0.4) is 0 Å². The number of aromatic nitrogens is 5. The van der Waals surface area contributed by atoms with Gasteiger partial charge in [-0.2, -0.15) is 0 Å². The Morgan fingerprint density at radius 3 is 1.57 bits per heavy atom. The van der Waals surface area contributed by atoms with Gasteiger partial charge in [-0.15, -0.1) is 0 Å². The molecule has 0 saturated carbocycles. The van der Waals surface area contributed by atoms with Crippen LogP contribution in [0.1, 0.15) is 77.1 Å². The number of amides is 4. The Morgan fingerprint density at radius 1 is 0.638 bits per heavy atom. The molecule has 15 heteroatoms. The van der Waals surface area contributed by atoms with E-state index in [4.69, 9.17) is 19.4 Å². The Kier molecular flexibility index (Phi) is 11.8. The van der Waals surface area contributed by atoms with Crippen LogP contribution in [0.15, 0.2) is 67.1 Å². The number of carbonyl (C=O) groups is 4. The number of methoxy groups -OCH3 is 2. The quantitative estimate of drug-likeness (QED) is 0.112.